The van der Waals surface area contributed by atoms with E-state index in [1.54, 1.807) is 0 Å². The maximum absolute atomic E-state index is 13.9. The molecule has 2 N–H and O–H groups in total. The zero-order valence-corrected chi connectivity index (χ0v) is 21.4. The third-order valence-corrected chi connectivity index (χ3v) is 9.88. The van der Waals surface area contributed by atoms with Gasteiger partial charge < -0.3 is 10.2 Å². The van der Waals surface area contributed by atoms with Crippen LogP contribution >= 0.6 is 0 Å². The van der Waals surface area contributed by atoms with Crippen LogP contribution in [-0.4, -0.2) is 28.7 Å². The maximum Gasteiger partial charge on any atom is 0.146 e. The summed E-state index contributed by atoms with van der Waals surface area (Å²) < 4.78 is 0. The van der Waals surface area contributed by atoms with Gasteiger partial charge in [-0.2, -0.15) is 0 Å². The van der Waals surface area contributed by atoms with E-state index < -0.39 is 5.41 Å². The molecule has 182 valence electrons. The van der Waals surface area contributed by atoms with Crippen molar-refractivity contribution in [2.24, 2.45) is 46.3 Å². The van der Waals surface area contributed by atoms with Crippen molar-refractivity contribution in [2.45, 2.75) is 99.0 Å². The first-order chi connectivity index (χ1) is 15.1. The highest BCUT2D eigenvalue weighted by Gasteiger charge is 2.55. The van der Waals surface area contributed by atoms with Crippen LogP contribution < -0.4 is 0 Å². The second-order valence-corrected chi connectivity index (χ2v) is 12.0. The van der Waals surface area contributed by atoms with E-state index in [2.05, 4.69) is 59.8 Å². The van der Waals surface area contributed by atoms with Crippen LogP contribution in [0.15, 0.2) is 23.8 Å². The van der Waals surface area contributed by atoms with E-state index in [0.29, 0.717) is 41.8 Å². The van der Waals surface area contributed by atoms with Crippen molar-refractivity contribution in [2.75, 3.05) is 6.61 Å². The number of aliphatic hydroxyl groups is 2. The molecule has 0 aromatic carbocycles. The van der Waals surface area contributed by atoms with Crippen LogP contribution in [0.4, 0.5) is 0 Å². The highest BCUT2D eigenvalue weighted by atomic mass is 16.3. The number of ketones is 1. The van der Waals surface area contributed by atoms with Gasteiger partial charge in [-0.1, -0.05) is 58.4 Å². The van der Waals surface area contributed by atoms with E-state index in [0.717, 1.165) is 38.5 Å². The van der Waals surface area contributed by atoms with E-state index in [1.165, 1.54) is 12.0 Å². The summed E-state index contributed by atoms with van der Waals surface area (Å²) in [6.45, 7) is 13.9. The lowest BCUT2D eigenvalue weighted by Gasteiger charge is -2.47. The minimum atomic E-state index is -0.391. The lowest BCUT2D eigenvalue weighted by atomic mass is 9.56. The van der Waals surface area contributed by atoms with Crippen LogP contribution in [-0.2, 0) is 4.79 Å². The van der Waals surface area contributed by atoms with Crippen molar-refractivity contribution in [3.63, 3.8) is 0 Å². The van der Waals surface area contributed by atoms with Gasteiger partial charge in [-0.05, 0) is 93.3 Å². The first-order valence-corrected chi connectivity index (χ1v) is 13.3. The molecule has 0 aromatic heterocycles. The first kappa shape index (κ1) is 25.7. The maximum atomic E-state index is 13.9. The number of aliphatic hydroxyl groups excluding tert-OH is 2. The Morgan fingerprint density at radius 3 is 2.50 bits per heavy atom. The molecule has 8 atom stereocenters. The molecule has 0 spiro atoms. The molecule has 3 nitrogen and oxygen atoms in total. The van der Waals surface area contributed by atoms with Crippen molar-refractivity contribution in [3.8, 4) is 0 Å². The van der Waals surface area contributed by atoms with Gasteiger partial charge in [0.2, 0.25) is 0 Å². The Balaban J connectivity index is 1.84. The molecule has 3 rings (SSSR count). The third-order valence-electron chi connectivity index (χ3n) is 9.88. The van der Waals surface area contributed by atoms with Crippen LogP contribution in [0, 0.1) is 46.3 Å². The van der Waals surface area contributed by atoms with Crippen molar-refractivity contribution < 1.29 is 15.0 Å². The van der Waals surface area contributed by atoms with Crippen molar-refractivity contribution in [1.29, 1.82) is 0 Å². The molecule has 2 saturated carbocycles. The van der Waals surface area contributed by atoms with E-state index in [1.807, 2.05) is 0 Å². The highest BCUT2D eigenvalue weighted by molar-refractivity contribution is 5.91. The Bertz CT molecular complexity index is 722. The Kier molecular flexibility index (Phi) is 8.14. The predicted molar refractivity (Wildman–Crippen MR) is 132 cm³/mol. The topological polar surface area (TPSA) is 57.5 Å². The fraction of sp³-hybridized carbons (Fsp3) is 0.828. The lowest BCUT2D eigenvalue weighted by molar-refractivity contribution is -0.136. The summed E-state index contributed by atoms with van der Waals surface area (Å²) in [5.74, 6) is 3.01. The first-order valence-electron chi connectivity index (χ1n) is 13.3. The monoisotopic (exact) mass is 444 g/mol. The van der Waals surface area contributed by atoms with Gasteiger partial charge in [0.25, 0.3) is 0 Å². The molecule has 0 bridgehead atoms. The van der Waals surface area contributed by atoms with Gasteiger partial charge in [-0.25, -0.2) is 0 Å². The molecule has 0 aromatic rings. The molecule has 3 heteroatoms. The predicted octanol–water partition coefficient (Wildman–Crippen LogP) is 6.34. The fourth-order valence-electron chi connectivity index (χ4n) is 7.63. The molecule has 3 aliphatic carbocycles. The summed E-state index contributed by atoms with van der Waals surface area (Å²) in [6.07, 6.45) is 14.0. The lowest BCUT2D eigenvalue weighted by Crippen LogP contribution is -2.47. The smallest absolute Gasteiger partial charge is 0.146 e. The fourth-order valence-corrected chi connectivity index (χ4v) is 7.63. The molecule has 0 heterocycles. The SMILES string of the molecule is CCC(C=CC(C)C1CCC(C2CC=C3CC(O)CCC3(C)C2=O)C1(C)CCO)C(C)C. The number of rotatable bonds is 8. The minimum Gasteiger partial charge on any atom is -0.396 e. The van der Waals surface area contributed by atoms with Crippen LogP contribution in [0.2, 0.25) is 0 Å². The van der Waals surface area contributed by atoms with Crippen molar-refractivity contribution in [3.05, 3.63) is 23.8 Å². The molecule has 2 fully saturated rings. The van der Waals surface area contributed by atoms with Gasteiger partial charge >= 0.3 is 0 Å². The highest BCUT2D eigenvalue weighted by Crippen LogP contribution is 2.59. The number of allylic oxidation sites excluding steroid dienone is 3. The Morgan fingerprint density at radius 2 is 1.88 bits per heavy atom. The third kappa shape index (κ3) is 4.67. The molecule has 0 amide bonds. The van der Waals surface area contributed by atoms with E-state index in [9.17, 15) is 15.0 Å². The van der Waals surface area contributed by atoms with Crippen molar-refractivity contribution in [1.82, 2.24) is 0 Å². The average molecular weight is 445 g/mol. The summed E-state index contributed by atoms with van der Waals surface area (Å²) in [5, 5.41) is 20.2. The van der Waals surface area contributed by atoms with Gasteiger partial charge in [0.1, 0.15) is 5.78 Å². The molecule has 0 saturated heterocycles. The standard InChI is InChI=1S/C29H48O3/c1-7-21(19(2)3)9-8-20(4)25-12-13-26(29(25,6)16-17-30)24-11-10-22-18-23(31)14-15-28(22,5)27(24)32/h8-10,19-21,23-26,30-31H,7,11-18H2,1-6H3. The largest absolute Gasteiger partial charge is 0.396 e. The molecule has 8 unspecified atom stereocenters. The Labute approximate surface area is 196 Å². The Morgan fingerprint density at radius 1 is 1.16 bits per heavy atom. The number of Topliss-reactive ketones (excluding diaryl/α,β-unsaturated/α-hetero) is 1. The van der Waals surface area contributed by atoms with Crippen LogP contribution in [0.3, 0.4) is 0 Å². The molecular formula is C29H48O3. The summed E-state index contributed by atoms with van der Waals surface area (Å²) in [5.41, 5.74) is 0.762. The molecule has 3 aliphatic rings. The second kappa shape index (κ2) is 10.1. The second-order valence-electron chi connectivity index (χ2n) is 12.0. The number of carbonyl (C=O) groups is 1. The molecule has 32 heavy (non-hydrogen) atoms. The normalized spacial score (nSPS) is 39.9. The number of fused-ring (bicyclic) bond motifs is 1. The van der Waals surface area contributed by atoms with Crippen LogP contribution in [0.5, 0.6) is 0 Å². The van der Waals surface area contributed by atoms with Crippen LogP contribution in [0.1, 0.15) is 92.9 Å². The average Bonchev–Trinajstić information content (AvgIpc) is 3.07. The van der Waals surface area contributed by atoms with Gasteiger partial charge in [-0.15, -0.1) is 0 Å². The van der Waals surface area contributed by atoms with E-state index in [4.69, 9.17) is 0 Å². The summed E-state index contributed by atoms with van der Waals surface area (Å²) >= 11 is 0. The zero-order chi connectivity index (χ0) is 23.7. The summed E-state index contributed by atoms with van der Waals surface area (Å²) in [6, 6.07) is 0. The van der Waals surface area contributed by atoms with Crippen molar-refractivity contribution >= 4 is 5.78 Å². The Hall–Kier alpha value is -0.930. The summed E-state index contributed by atoms with van der Waals surface area (Å²) in [4.78, 5) is 13.9. The number of carbonyl (C=O) groups excluding carboxylic acids is 1. The molecule has 0 radical (unpaired) electrons. The molecule has 0 aliphatic heterocycles. The van der Waals surface area contributed by atoms with Gasteiger partial charge in [0.15, 0.2) is 0 Å². The quantitative estimate of drug-likeness (QED) is 0.429. The van der Waals surface area contributed by atoms with Crippen LogP contribution in [0.25, 0.3) is 0 Å². The van der Waals surface area contributed by atoms with E-state index in [-0.39, 0.29) is 24.0 Å². The minimum absolute atomic E-state index is 0.0196. The van der Waals surface area contributed by atoms with Gasteiger partial charge in [0, 0.05) is 17.9 Å². The number of hydrogen-bond acceptors (Lipinski definition) is 3. The number of hydrogen-bond donors (Lipinski definition) is 2. The summed E-state index contributed by atoms with van der Waals surface area (Å²) in [7, 11) is 0. The van der Waals surface area contributed by atoms with Gasteiger partial charge in [0.05, 0.1) is 6.10 Å². The van der Waals surface area contributed by atoms with E-state index >= 15 is 0 Å². The van der Waals surface area contributed by atoms with Gasteiger partial charge in [-0.3, -0.25) is 4.79 Å². The molecular weight excluding hydrogens is 396 g/mol. The zero-order valence-electron chi connectivity index (χ0n) is 21.4.